The molecule has 2 amide bonds. The summed E-state index contributed by atoms with van der Waals surface area (Å²) >= 11 is 1.81. The van der Waals surface area contributed by atoms with Crippen molar-refractivity contribution >= 4 is 24.1 Å². The van der Waals surface area contributed by atoms with Gasteiger partial charge in [-0.2, -0.15) is 0 Å². The Morgan fingerprint density at radius 2 is 2.29 bits per heavy atom. The van der Waals surface area contributed by atoms with E-state index in [1.54, 1.807) is 18.7 Å². The molecule has 1 unspecified atom stereocenters. The van der Waals surface area contributed by atoms with Gasteiger partial charge in [-0.1, -0.05) is 0 Å². The number of likely N-dealkylation sites (tertiary alicyclic amines) is 1. The number of hydrogen-bond donors (Lipinski definition) is 0. The molecule has 2 fully saturated rings. The van der Waals surface area contributed by atoms with E-state index in [-0.39, 0.29) is 10.8 Å². The van der Waals surface area contributed by atoms with E-state index >= 15 is 0 Å². The molecular formula is C9H14N2O2S. The zero-order valence-electron chi connectivity index (χ0n) is 8.23. The lowest BCUT2D eigenvalue weighted by Crippen LogP contribution is -2.43. The second-order valence-corrected chi connectivity index (χ2v) is 5.24. The molecule has 1 spiro atoms. The molecule has 0 aromatic heterocycles. The molecule has 2 aliphatic rings. The monoisotopic (exact) mass is 214 g/mol. The number of amides is 2. The second kappa shape index (κ2) is 3.46. The highest BCUT2D eigenvalue weighted by molar-refractivity contribution is 8.00. The molecule has 0 aromatic carbocycles. The summed E-state index contributed by atoms with van der Waals surface area (Å²) in [6.07, 6.45) is 1.83. The minimum atomic E-state index is -0.104. The van der Waals surface area contributed by atoms with Crippen LogP contribution in [0.2, 0.25) is 0 Å². The first-order chi connectivity index (χ1) is 6.68. The lowest BCUT2D eigenvalue weighted by atomic mass is 10.2. The summed E-state index contributed by atoms with van der Waals surface area (Å²) in [5, 5.41) is 0. The zero-order valence-corrected chi connectivity index (χ0v) is 9.05. The van der Waals surface area contributed by atoms with E-state index in [1.807, 2.05) is 9.80 Å². The minimum Gasteiger partial charge on any atom is -0.340 e. The molecule has 0 saturated carbocycles. The Kier molecular flexibility index (Phi) is 2.43. The SMILES string of the molecule is CC(=O)N1CCC2(C1)SCCN2C=O. The number of hydrogen-bond acceptors (Lipinski definition) is 3. The minimum absolute atomic E-state index is 0.104. The molecule has 0 radical (unpaired) electrons. The van der Waals surface area contributed by atoms with Crippen LogP contribution in [-0.4, -0.2) is 52.4 Å². The summed E-state index contributed by atoms with van der Waals surface area (Å²) in [7, 11) is 0. The van der Waals surface area contributed by atoms with Gasteiger partial charge in [-0.15, -0.1) is 11.8 Å². The van der Waals surface area contributed by atoms with Gasteiger partial charge in [0.1, 0.15) is 4.87 Å². The topological polar surface area (TPSA) is 40.6 Å². The van der Waals surface area contributed by atoms with Gasteiger partial charge >= 0.3 is 0 Å². The van der Waals surface area contributed by atoms with Crippen molar-refractivity contribution < 1.29 is 9.59 Å². The third kappa shape index (κ3) is 1.39. The van der Waals surface area contributed by atoms with Crippen molar-refractivity contribution in [1.82, 2.24) is 9.80 Å². The normalized spacial score (nSPS) is 31.5. The Morgan fingerprint density at radius 3 is 2.86 bits per heavy atom. The van der Waals surface area contributed by atoms with Gasteiger partial charge in [-0.25, -0.2) is 0 Å². The standard InChI is InChI=1S/C9H14N2O2S/c1-8(13)10-3-2-9(6-10)11(7-12)4-5-14-9/h7H,2-6H2,1H3. The quantitative estimate of drug-likeness (QED) is 0.583. The fourth-order valence-corrected chi connectivity index (χ4v) is 3.61. The van der Waals surface area contributed by atoms with Gasteiger partial charge in [0, 0.05) is 25.8 Å². The van der Waals surface area contributed by atoms with Crippen molar-refractivity contribution in [3.63, 3.8) is 0 Å². The van der Waals surface area contributed by atoms with Gasteiger partial charge in [0.25, 0.3) is 0 Å². The second-order valence-electron chi connectivity index (χ2n) is 3.78. The Labute approximate surface area is 87.6 Å². The van der Waals surface area contributed by atoms with E-state index in [1.165, 1.54) is 0 Å². The third-order valence-corrected chi connectivity index (χ3v) is 4.50. The van der Waals surface area contributed by atoms with Gasteiger partial charge in [0.05, 0.1) is 6.54 Å². The molecule has 1 atom stereocenters. The highest BCUT2D eigenvalue weighted by Gasteiger charge is 2.47. The summed E-state index contributed by atoms with van der Waals surface area (Å²) in [5.74, 6) is 1.10. The molecular weight excluding hydrogens is 200 g/mol. The molecule has 0 bridgehead atoms. The number of carbonyl (C=O) groups is 2. The highest BCUT2D eigenvalue weighted by atomic mass is 32.2. The molecule has 2 aliphatic heterocycles. The molecule has 78 valence electrons. The zero-order chi connectivity index (χ0) is 10.2. The largest absolute Gasteiger partial charge is 0.340 e. The Bertz CT molecular complexity index is 272. The lowest BCUT2D eigenvalue weighted by Gasteiger charge is -2.30. The number of rotatable bonds is 1. The maximum atomic E-state index is 11.2. The molecule has 2 heterocycles. The van der Waals surface area contributed by atoms with E-state index in [9.17, 15) is 9.59 Å². The molecule has 14 heavy (non-hydrogen) atoms. The first-order valence-electron chi connectivity index (χ1n) is 4.79. The van der Waals surface area contributed by atoms with Gasteiger partial charge in [0.2, 0.25) is 12.3 Å². The van der Waals surface area contributed by atoms with E-state index in [0.29, 0.717) is 6.54 Å². The number of nitrogens with zero attached hydrogens (tertiary/aromatic N) is 2. The van der Waals surface area contributed by atoms with Crippen molar-refractivity contribution in [1.29, 1.82) is 0 Å². The van der Waals surface area contributed by atoms with Crippen LogP contribution in [0.1, 0.15) is 13.3 Å². The molecule has 4 nitrogen and oxygen atoms in total. The van der Waals surface area contributed by atoms with Crippen LogP contribution in [0.4, 0.5) is 0 Å². The van der Waals surface area contributed by atoms with Crippen LogP contribution in [0, 0.1) is 0 Å². The van der Waals surface area contributed by atoms with Crippen LogP contribution < -0.4 is 0 Å². The maximum Gasteiger partial charge on any atom is 0.219 e. The molecule has 5 heteroatoms. The van der Waals surface area contributed by atoms with Crippen LogP contribution in [0.5, 0.6) is 0 Å². The van der Waals surface area contributed by atoms with E-state index in [2.05, 4.69) is 0 Å². The predicted molar refractivity (Wildman–Crippen MR) is 54.8 cm³/mol. The lowest BCUT2D eigenvalue weighted by molar-refractivity contribution is -0.128. The van der Waals surface area contributed by atoms with Crippen LogP contribution in [0.25, 0.3) is 0 Å². The summed E-state index contributed by atoms with van der Waals surface area (Å²) in [6, 6.07) is 0. The third-order valence-electron chi connectivity index (χ3n) is 3.01. The van der Waals surface area contributed by atoms with E-state index < -0.39 is 0 Å². The van der Waals surface area contributed by atoms with Crippen molar-refractivity contribution in [3.05, 3.63) is 0 Å². The fourth-order valence-electron chi connectivity index (χ4n) is 2.16. The average Bonchev–Trinajstić information content (AvgIpc) is 2.74. The predicted octanol–water partition coefficient (Wildman–Crippen LogP) is 0.140. The van der Waals surface area contributed by atoms with Crippen LogP contribution in [0.15, 0.2) is 0 Å². The van der Waals surface area contributed by atoms with Gasteiger partial charge in [-0.3, -0.25) is 9.59 Å². The summed E-state index contributed by atoms with van der Waals surface area (Å²) < 4.78 is 0. The van der Waals surface area contributed by atoms with Crippen molar-refractivity contribution in [2.75, 3.05) is 25.4 Å². The average molecular weight is 214 g/mol. The fraction of sp³-hybridized carbons (Fsp3) is 0.778. The first kappa shape index (κ1) is 9.83. The van der Waals surface area contributed by atoms with Crippen molar-refractivity contribution in [3.8, 4) is 0 Å². The summed E-state index contributed by atoms with van der Waals surface area (Å²) in [5.41, 5.74) is 0. The Balaban J connectivity index is 2.11. The Hall–Kier alpha value is -0.710. The molecule has 0 aliphatic carbocycles. The molecule has 2 rings (SSSR count). The van der Waals surface area contributed by atoms with Gasteiger partial charge in [0.15, 0.2) is 0 Å². The smallest absolute Gasteiger partial charge is 0.219 e. The maximum absolute atomic E-state index is 11.2. The van der Waals surface area contributed by atoms with Crippen LogP contribution >= 0.6 is 11.8 Å². The van der Waals surface area contributed by atoms with Crippen LogP contribution in [-0.2, 0) is 9.59 Å². The van der Waals surface area contributed by atoms with Crippen molar-refractivity contribution in [2.24, 2.45) is 0 Å². The van der Waals surface area contributed by atoms with Crippen LogP contribution in [0.3, 0.4) is 0 Å². The van der Waals surface area contributed by atoms with E-state index in [4.69, 9.17) is 0 Å². The molecule has 0 aromatic rings. The Morgan fingerprint density at radius 1 is 1.50 bits per heavy atom. The highest BCUT2D eigenvalue weighted by Crippen LogP contribution is 2.41. The number of thioether (sulfide) groups is 1. The first-order valence-corrected chi connectivity index (χ1v) is 5.78. The van der Waals surface area contributed by atoms with Gasteiger partial charge in [-0.05, 0) is 6.42 Å². The summed E-state index contributed by atoms with van der Waals surface area (Å²) in [4.78, 5) is 25.6. The number of carbonyl (C=O) groups excluding carboxylic acids is 2. The van der Waals surface area contributed by atoms with Crippen molar-refractivity contribution in [2.45, 2.75) is 18.2 Å². The van der Waals surface area contributed by atoms with Gasteiger partial charge < -0.3 is 9.80 Å². The summed E-state index contributed by atoms with van der Waals surface area (Å²) in [6.45, 7) is 3.89. The molecule has 2 saturated heterocycles. The molecule has 0 N–H and O–H groups in total. The van der Waals surface area contributed by atoms with E-state index in [0.717, 1.165) is 31.7 Å².